The molecule has 0 heterocycles. The van der Waals surface area contributed by atoms with Gasteiger partial charge in [-0.05, 0) is 0 Å². The summed E-state index contributed by atoms with van der Waals surface area (Å²) in [6.45, 7) is -4.49. The first-order chi connectivity index (χ1) is 15.9. The average molecular weight is 466 g/mol. The second-order valence-electron chi connectivity index (χ2n) is 7.74. The normalized spacial score (nSPS) is 13.0. The zero-order chi connectivity index (χ0) is 23.4. The molecule has 0 saturated carbocycles. The Morgan fingerprint density at radius 2 is 0.939 bits per heavy atom. The Labute approximate surface area is 190 Å². The third-order valence-corrected chi connectivity index (χ3v) is 11.5. The Bertz CT molecular complexity index is 1110. The van der Waals surface area contributed by atoms with Crippen molar-refractivity contribution in [1.29, 1.82) is 0 Å². The van der Waals surface area contributed by atoms with Crippen LogP contribution in [-0.2, 0) is 15.5 Å². The Morgan fingerprint density at radius 1 is 0.606 bits per heavy atom. The summed E-state index contributed by atoms with van der Waals surface area (Å²) in [6, 6.07) is 35.6. The second kappa shape index (κ2) is 8.84. The molecule has 168 valence electrons. The zero-order valence-corrected chi connectivity index (χ0v) is 18.5. The first-order valence-corrected chi connectivity index (χ1v) is 12.7. The molecule has 0 aromatic heterocycles. The van der Waals surface area contributed by atoms with E-state index in [1.807, 2.05) is 30.3 Å². The molecule has 0 N–H and O–H groups in total. The third kappa shape index (κ3) is 4.05. The molecule has 33 heavy (non-hydrogen) atoms. The fraction of sp³-hybridized carbons (Fsp3) is 0.0741. The number of rotatable bonds is 6. The van der Waals surface area contributed by atoms with Gasteiger partial charge in [-0.15, -0.1) is 0 Å². The molecule has 0 spiro atoms. The molecule has 0 aliphatic heterocycles. The first-order valence-electron chi connectivity index (χ1n) is 10.4. The minimum atomic E-state index is -5.15. The van der Waals surface area contributed by atoms with Gasteiger partial charge in [-0.25, -0.2) is 0 Å². The number of carbonyl (C=O) groups excluding carboxylic acids is 1. The monoisotopic (exact) mass is 466 g/mol. The predicted molar refractivity (Wildman–Crippen MR) is 127 cm³/mol. The van der Waals surface area contributed by atoms with Gasteiger partial charge >= 0.3 is 190 Å². The third-order valence-electron chi connectivity index (χ3n) is 5.75. The van der Waals surface area contributed by atoms with Crippen LogP contribution in [-0.4, -0.2) is 12.1 Å². The van der Waals surface area contributed by atoms with E-state index < -0.39 is 19.0 Å². The molecule has 0 saturated heterocycles. The van der Waals surface area contributed by atoms with Crippen LogP contribution in [0, 0.1) is 0 Å². The molecule has 0 bridgehead atoms. The van der Waals surface area contributed by atoms with E-state index in [2.05, 4.69) is 0 Å². The van der Waals surface area contributed by atoms with Crippen molar-refractivity contribution in [2.45, 2.75) is 12.3 Å². The number of hydrogen-bond acceptors (Lipinski definition) is 2. The van der Waals surface area contributed by atoms with E-state index in [0.29, 0.717) is 15.9 Å². The van der Waals surface area contributed by atoms with E-state index in [4.69, 9.17) is 4.52 Å². The number of benzene rings is 4. The Kier molecular flexibility index (Phi) is 6.09. The van der Waals surface area contributed by atoms with Gasteiger partial charge in [0, 0.05) is 0 Å². The fourth-order valence-corrected chi connectivity index (χ4v) is 9.92. The van der Waals surface area contributed by atoms with Crippen LogP contribution < -0.4 is 15.9 Å². The van der Waals surface area contributed by atoms with Gasteiger partial charge in [-0.1, -0.05) is 0 Å². The number of alkyl halides is 3. The van der Waals surface area contributed by atoms with Gasteiger partial charge < -0.3 is 0 Å². The molecule has 6 heteroatoms. The molecule has 0 aliphatic carbocycles. The van der Waals surface area contributed by atoms with Crippen molar-refractivity contribution >= 4 is 28.7 Å². The van der Waals surface area contributed by atoms with Crippen molar-refractivity contribution in [1.82, 2.24) is 0 Å². The number of hydrogen-bond donors (Lipinski definition) is 0. The predicted octanol–water partition coefficient (Wildman–Crippen LogP) is 5.74. The van der Waals surface area contributed by atoms with E-state index in [1.54, 1.807) is 91.0 Å². The fourth-order valence-electron chi connectivity index (χ4n) is 4.31. The minimum absolute atomic E-state index is 0.0896. The molecule has 4 rings (SSSR count). The van der Waals surface area contributed by atoms with Crippen molar-refractivity contribution in [3.05, 3.63) is 127 Å². The summed E-state index contributed by atoms with van der Waals surface area (Å²) in [5, 5.41) is 1.63. The molecule has 0 atom stereocenters. The number of halogens is 3. The van der Waals surface area contributed by atoms with Crippen molar-refractivity contribution in [2.24, 2.45) is 0 Å². The SMILES string of the molecule is O=C(OP(Cc1ccccc1)(c1ccccc1)(c1ccccc1)c1ccccc1)C(F)(F)F. The summed E-state index contributed by atoms with van der Waals surface area (Å²) in [7, 11) is 0. The molecular formula is C27H22F3O2P. The standard InChI is InChI=1S/C27H22F3O2P/c28-27(29,30)26(31)32-33(23-15-7-2-8-16-23,24-17-9-3-10-18-24,25-19-11-4-12-20-25)21-22-13-5-1-6-14-22/h1-20H,21H2. The van der Waals surface area contributed by atoms with Crippen LogP contribution in [0.15, 0.2) is 121 Å². The van der Waals surface area contributed by atoms with Crippen molar-refractivity contribution in [3.8, 4) is 0 Å². The molecule has 2 nitrogen and oxygen atoms in total. The van der Waals surface area contributed by atoms with Crippen LogP contribution in [0.4, 0.5) is 13.2 Å². The maximum atomic E-state index is 13.8. The van der Waals surface area contributed by atoms with Gasteiger partial charge in [-0.3, -0.25) is 0 Å². The van der Waals surface area contributed by atoms with E-state index in [0.717, 1.165) is 5.56 Å². The van der Waals surface area contributed by atoms with E-state index in [-0.39, 0.29) is 6.16 Å². The molecule has 4 aromatic rings. The van der Waals surface area contributed by atoms with Crippen LogP contribution in [0.5, 0.6) is 0 Å². The Balaban J connectivity index is 2.19. The van der Waals surface area contributed by atoms with E-state index in [1.165, 1.54) is 0 Å². The summed E-state index contributed by atoms with van der Waals surface area (Å²) in [5.41, 5.74) is 0.765. The van der Waals surface area contributed by atoms with Gasteiger partial charge in [0.15, 0.2) is 0 Å². The van der Waals surface area contributed by atoms with Gasteiger partial charge in [0.2, 0.25) is 0 Å². The van der Waals surface area contributed by atoms with Crippen LogP contribution in [0.25, 0.3) is 0 Å². The molecule has 0 amide bonds. The van der Waals surface area contributed by atoms with Crippen LogP contribution in [0.3, 0.4) is 0 Å². The Morgan fingerprint density at radius 3 is 1.27 bits per heavy atom. The van der Waals surface area contributed by atoms with Crippen LogP contribution in [0.1, 0.15) is 5.56 Å². The quantitative estimate of drug-likeness (QED) is 0.339. The summed E-state index contributed by atoms with van der Waals surface area (Å²) in [5.74, 6) is -2.20. The maximum absolute atomic E-state index is 13.8. The van der Waals surface area contributed by atoms with Crippen molar-refractivity contribution < 1.29 is 22.5 Å². The molecular weight excluding hydrogens is 444 g/mol. The summed E-state index contributed by atoms with van der Waals surface area (Å²) in [4.78, 5) is 12.7. The van der Waals surface area contributed by atoms with Crippen molar-refractivity contribution in [2.75, 3.05) is 0 Å². The molecule has 0 radical (unpaired) electrons. The van der Waals surface area contributed by atoms with Gasteiger partial charge in [-0.2, -0.15) is 0 Å². The topological polar surface area (TPSA) is 26.3 Å². The molecule has 0 aliphatic rings. The second-order valence-corrected chi connectivity index (χ2v) is 12.2. The van der Waals surface area contributed by atoms with Gasteiger partial charge in [0.25, 0.3) is 0 Å². The van der Waals surface area contributed by atoms with Gasteiger partial charge in [0.1, 0.15) is 0 Å². The first kappa shape index (κ1) is 22.8. The van der Waals surface area contributed by atoms with Crippen LogP contribution >= 0.6 is 6.83 Å². The zero-order valence-electron chi connectivity index (χ0n) is 17.7. The number of carbonyl (C=O) groups is 1. The Hall–Kier alpha value is -3.43. The van der Waals surface area contributed by atoms with Crippen molar-refractivity contribution in [3.63, 3.8) is 0 Å². The summed E-state index contributed by atoms with van der Waals surface area (Å²) in [6.07, 6.45) is -5.07. The summed E-state index contributed by atoms with van der Waals surface area (Å²) < 4.78 is 47.3. The van der Waals surface area contributed by atoms with E-state index in [9.17, 15) is 18.0 Å². The molecule has 4 aromatic carbocycles. The average Bonchev–Trinajstić information content (AvgIpc) is 2.85. The van der Waals surface area contributed by atoms with Crippen LogP contribution in [0.2, 0.25) is 0 Å². The van der Waals surface area contributed by atoms with Gasteiger partial charge in [0.05, 0.1) is 0 Å². The molecule has 0 fully saturated rings. The van der Waals surface area contributed by atoms with E-state index >= 15 is 0 Å². The summed E-state index contributed by atoms with van der Waals surface area (Å²) >= 11 is 0. The molecule has 0 unspecified atom stereocenters.